The molecule has 1 fully saturated rings. The summed E-state index contributed by atoms with van der Waals surface area (Å²) in [7, 11) is 0. The van der Waals surface area contributed by atoms with E-state index in [9.17, 15) is 4.79 Å². The van der Waals surface area contributed by atoms with Gasteiger partial charge in [0.15, 0.2) is 0 Å². The lowest BCUT2D eigenvalue weighted by atomic mass is 10.0. The van der Waals surface area contributed by atoms with Gasteiger partial charge in [-0.05, 0) is 41.7 Å². The summed E-state index contributed by atoms with van der Waals surface area (Å²) in [6, 6.07) is 16.8. The lowest BCUT2D eigenvalue weighted by Crippen LogP contribution is -2.30. The predicted octanol–water partition coefficient (Wildman–Crippen LogP) is 3.27. The number of nitrogens with zero attached hydrogens (tertiary/aromatic N) is 1. The molecule has 2 aromatic rings. The first-order valence-corrected chi connectivity index (χ1v) is 8.01. The Bertz CT molecular complexity index is 696. The topological polar surface area (TPSA) is 32.3 Å². The van der Waals surface area contributed by atoms with E-state index in [0.717, 1.165) is 38.0 Å². The highest BCUT2D eigenvalue weighted by Crippen LogP contribution is 2.33. The number of carbonyl (C=O) groups is 1. The fourth-order valence-electron chi connectivity index (χ4n) is 3.63. The number of likely N-dealkylation sites (tertiary alicyclic amines) is 1. The van der Waals surface area contributed by atoms with Crippen LogP contribution in [0.2, 0.25) is 0 Å². The number of rotatable bonds is 2. The SMILES string of the molecule is O=C(c1ccc2c(c1)CNC2)N1CCCC1c1ccccc1. The molecule has 1 atom stereocenters. The van der Waals surface area contributed by atoms with E-state index in [2.05, 4.69) is 41.7 Å². The van der Waals surface area contributed by atoms with Crippen molar-refractivity contribution >= 4 is 5.91 Å². The second kappa shape index (κ2) is 5.58. The van der Waals surface area contributed by atoms with Crippen LogP contribution in [0, 0.1) is 0 Å². The van der Waals surface area contributed by atoms with Crippen molar-refractivity contribution in [3.63, 3.8) is 0 Å². The lowest BCUT2D eigenvalue weighted by molar-refractivity contribution is 0.0735. The standard InChI is InChI=1S/C19H20N2O/c22-19(15-8-9-16-12-20-13-17(16)11-15)21-10-4-7-18(21)14-5-2-1-3-6-14/h1-3,5-6,8-9,11,18,20H,4,7,10,12-13H2. The average Bonchev–Trinajstić information content (AvgIpc) is 3.23. The molecule has 2 aliphatic heterocycles. The number of benzene rings is 2. The maximum atomic E-state index is 12.9. The molecular weight excluding hydrogens is 272 g/mol. The third-order valence-electron chi connectivity index (χ3n) is 4.78. The molecule has 0 aromatic heterocycles. The van der Waals surface area contributed by atoms with Crippen molar-refractivity contribution in [1.29, 1.82) is 0 Å². The minimum Gasteiger partial charge on any atom is -0.332 e. The summed E-state index contributed by atoms with van der Waals surface area (Å²) < 4.78 is 0. The van der Waals surface area contributed by atoms with E-state index >= 15 is 0 Å². The molecule has 4 rings (SSSR count). The van der Waals surface area contributed by atoms with E-state index < -0.39 is 0 Å². The number of fused-ring (bicyclic) bond motifs is 1. The Morgan fingerprint density at radius 2 is 1.86 bits per heavy atom. The maximum Gasteiger partial charge on any atom is 0.254 e. The molecule has 22 heavy (non-hydrogen) atoms. The third kappa shape index (κ3) is 2.32. The van der Waals surface area contributed by atoms with Gasteiger partial charge in [-0.2, -0.15) is 0 Å². The molecule has 0 bridgehead atoms. The van der Waals surface area contributed by atoms with E-state index in [1.807, 2.05) is 17.0 Å². The minimum absolute atomic E-state index is 0.168. The van der Waals surface area contributed by atoms with Gasteiger partial charge in [0.05, 0.1) is 6.04 Å². The molecule has 3 heteroatoms. The van der Waals surface area contributed by atoms with Crippen LogP contribution in [0.15, 0.2) is 48.5 Å². The number of nitrogens with one attached hydrogen (secondary N) is 1. The number of hydrogen-bond acceptors (Lipinski definition) is 2. The summed E-state index contributed by atoms with van der Waals surface area (Å²) in [6.45, 7) is 2.65. The molecule has 0 spiro atoms. The van der Waals surface area contributed by atoms with Crippen LogP contribution >= 0.6 is 0 Å². The summed E-state index contributed by atoms with van der Waals surface area (Å²) >= 11 is 0. The van der Waals surface area contributed by atoms with Crippen LogP contribution in [0.4, 0.5) is 0 Å². The summed E-state index contributed by atoms with van der Waals surface area (Å²) in [5, 5.41) is 3.33. The highest BCUT2D eigenvalue weighted by atomic mass is 16.2. The Balaban J connectivity index is 1.62. The van der Waals surface area contributed by atoms with E-state index in [1.54, 1.807) is 0 Å². The van der Waals surface area contributed by atoms with Gasteiger partial charge < -0.3 is 10.2 Å². The molecule has 0 saturated carbocycles. The molecule has 3 nitrogen and oxygen atoms in total. The van der Waals surface area contributed by atoms with Gasteiger partial charge in [0, 0.05) is 25.2 Å². The van der Waals surface area contributed by atoms with Crippen LogP contribution in [0.5, 0.6) is 0 Å². The molecule has 1 N–H and O–H groups in total. The smallest absolute Gasteiger partial charge is 0.254 e. The quantitative estimate of drug-likeness (QED) is 0.921. The van der Waals surface area contributed by atoms with Crippen molar-refractivity contribution in [2.75, 3.05) is 6.54 Å². The first kappa shape index (κ1) is 13.5. The van der Waals surface area contributed by atoms with Crippen molar-refractivity contribution in [1.82, 2.24) is 10.2 Å². The van der Waals surface area contributed by atoms with E-state index in [4.69, 9.17) is 0 Å². The number of amides is 1. The fourth-order valence-corrected chi connectivity index (χ4v) is 3.63. The average molecular weight is 292 g/mol. The van der Waals surface area contributed by atoms with Crippen LogP contribution in [0.1, 0.15) is 45.9 Å². The Kier molecular flexibility index (Phi) is 3.43. The normalized spacial score (nSPS) is 20.2. The molecule has 2 aromatic carbocycles. The molecule has 0 aliphatic carbocycles. The second-order valence-electron chi connectivity index (χ2n) is 6.15. The summed E-state index contributed by atoms with van der Waals surface area (Å²) in [5.41, 5.74) is 4.65. The first-order chi connectivity index (χ1) is 10.8. The zero-order valence-electron chi connectivity index (χ0n) is 12.6. The second-order valence-corrected chi connectivity index (χ2v) is 6.15. The zero-order valence-corrected chi connectivity index (χ0v) is 12.6. The summed E-state index contributed by atoms with van der Waals surface area (Å²) in [5.74, 6) is 0.168. The van der Waals surface area contributed by atoms with Gasteiger partial charge in [0.25, 0.3) is 5.91 Å². The number of hydrogen-bond donors (Lipinski definition) is 1. The van der Waals surface area contributed by atoms with Crippen molar-refractivity contribution < 1.29 is 4.79 Å². The van der Waals surface area contributed by atoms with Crippen LogP contribution < -0.4 is 5.32 Å². The Hall–Kier alpha value is -2.13. The first-order valence-electron chi connectivity index (χ1n) is 8.01. The molecule has 2 heterocycles. The Labute approximate surface area is 131 Å². The zero-order chi connectivity index (χ0) is 14.9. The van der Waals surface area contributed by atoms with Crippen molar-refractivity contribution in [3.8, 4) is 0 Å². The third-order valence-corrected chi connectivity index (χ3v) is 4.78. The molecule has 112 valence electrons. The van der Waals surface area contributed by atoms with Crippen LogP contribution in [0.3, 0.4) is 0 Å². The van der Waals surface area contributed by atoms with Crippen molar-refractivity contribution in [2.45, 2.75) is 32.0 Å². The molecule has 1 unspecified atom stereocenters. The van der Waals surface area contributed by atoms with Gasteiger partial charge in [-0.15, -0.1) is 0 Å². The van der Waals surface area contributed by atoms with Gasteiger partial charge in [0.1, 0.15) is 0 Å². The van der Waals surface area contributed by atoms with Crippen LogP contribution in [0.25, 0.3) is 0 Å². The molecule has 1 amide bonds. The predicted molar refractivity (Wildman–Crippen MR) is 86.4 cm³/mol. The molecular formula is C19H20N2O. The van der Waals surface area contributed by atoms with Gasteiger partial charge >= 0.3 is 0 Å². The van der Waals surface area contributed by atoms with Crippen molar-refractivity contribution in [3.05, 3.63) is 70.8 Å². The lowest BCUT2D eigenvalue weighted by Gasteiger charge is -2.25. The van der Waals surface area contributed by atoms with Gasteiger partial charge in [-0.3, -0.25) is 4.79 Å². The highest BCUT2D eigenvalue weighted by Gasteiger charge is 2.30. The fraction of sp³-hybridized carbons (Fsp3) is 0.316. The minimum atomic E-state index is 0.168. The van der Waals surface area contributed by atoms with Crippen LogP contribution in [-0.2, 0) is 13.1 Å². The maximum absolute atomic E-state index is 12.9. The highest BCUT2D eigenvalue weighted by molar-refractivity contribution is 5.95. The number of carbonyl (C=O) groups excluding carboxylic acids is 1. The largest absolute Gasteiger partial charge is 0.332 e. The Morgan fingerprint density at radius 1 is 1.05 bits per heavy atom. The monoisotopic (exact) mass is 292 g/mol. The Morgan fingerprint density at radius 3 is 2.73 bits per heavy atom. The molecule has 0 radical (unpaired) electrons. The van der Waals surface area contributed by atoms with Crippen LogP contribution in [-0.4, -0.2) is 17.4 Å². The van der Waals surface area contributed by atoms with Gasteiger partial charge in [-0.25, -0.2) is 0 Å². The van der Waals surface area contributed by atoms with E-state index in [1.165, 1.54) is 16.7 Å². The summed E-state index contributed by atoms with van der Waals surface area (Å²) in [6.07, 6.45) is 2.14. The molecule has 1 saturated heterocycles. The van der Waals surface area contributed by atoms with Gasteiger partial charge in [-0.1, -0.05) is 36.4 Å². The summed E-state index contributed by atoms with van der Waals surface area (Å²) in [4.78, 5) is 15.0. The van der Waals surface area contributed by atoms with Gasteiger partial charge in [0.2, 0.25) is 0 Å². The van der Waals surface area contributed by atoms with E-state index in [0.29, 0.717) is 0 Å². The van der Waals surface area contributed by atoms with E-state index in [-0.39, 0.29) is 11.9 Å². The van der Waals surface area contributed by atoms with Crippen molar-refractivity contribution in [2.24, 2.45) is 0 Å². The molecule has 2 aliphatic rings.